The Labute approximate surface area is 159 Å². The van der Waals surface area contributed by atoms with Crippen molar-refractivity contribution >= 4 is 35.1 Å². The summed E-state index contributed by atoms with van der Waals surface area (Å²) in [4.78, 5) is 15.9. The molecule has 0 saturated heterocycles. The van der Waals surface area contributed by atoms with Crippen LogP contribution >= 0.6 is 23.4 Å². The quantitative estimate of drug-likeness (QED) is 0.614. The van der Waals surface area contributed by atoms with Crippen molar-refractivity contribution in [1.29, 1.82) is 0 Å². The van der Waals surface area contributed by atoms with Gasteiger partial charge in [0.1, 0.15) is 11.6 Å². The molecule has 0 aliphatic rings. The number of hydrogen-bond donors (Lipinski definition) is 1. The highest BCUT2D eigenvalue weighted by atomic mass is 35.5. The SMILES string of the molecule is Cc1cccc(OCc2nnc(SCC(=O)Nc3ccc(Cl)cn3)o2)c1. The van der Waals surface area contributed by atoms with E-state index >= 15 is 0 Å². The Morgan fingerprint density at radius 1 is 1.31 bits per heavy atom. The molecule has 0 spiro atoms. The van der Waals surface area contributed by atoms with Crippen LogP contribution in [0.4, 0.5) is 5.82 Å². The van der Waals surface area contributed by atoms with E-state index in [0.29, 0.717) is 22.0 Å². The molecule has 7 nitrogen and oxygen atoms in total. The van der Waals surface area contributed by atoms with Gasteiger partial charge in [0, 0.05) is 6.20 Å². The minimum absolute atomic E-state index is 0.116. The molecular weight excluding hydrogens is 376 g/mol. The first-order valence-electron chi connectivity index (χ1n) is 7.64. The van der Waals surface area contributed by atoms with E-state index in [0.717, 1.165) is 23.1 Å². The maximum atomic E-state index is 11.9. The highest BCUT2D eigenvalue weighted by molar-refractivity contribution is 7.99. The van der Waals surface area contributed by atoms with Crippen molar-refractivity contribution < 1.29 is 13.9 Å². The van der Waals surface area contributed by atoms with E-state index in [1.807, 2.05) is 31.2 Å². The van der Waals surface area contributed by atoms with Gasteiger partial charge in [-0.3, -0.25) is 4.79 Å². The number of nitrogens with zero attached hydrogens (tertiary/aromatic N) is 3. The molecule has 26 heavy (non-hydrogen) atoms. The molecule has 0 unspecified atom stereocenters. The number of amides is 1. The third-order valence-electron chi connectivity index (χ3n) is 3.12. The fourth-order valence-electron chi connectivity index (χ4n) is 1.96. The highest BCUT2D eigenvalue weighted by Gasteiger charge is 2.11. The van der Waals surface area contributed by atoms with Gasteiger partial charge >= 0.3 is 0 Å². The van der Waals surface area contributed by atoms with E-state index in [9.17, 15) is 4.79 Å². The number of aryl methyl sites for hydroxylation is 1. The number of ether oxygens (including phenoxy) is 1. The molecule has 2 heterocycles. The molecule has 3 aromatic rings. The minimum Gasteiger partial charge on any atom is -0.484 e. The lowest BCUT2D eigenvalue weighted by Crippen LogP contribution is -2.14. The Hall–Kier alpha value is -2.58. The summed E-state index contributed by atoms with van der Waals surface area (Å²) in [5, 5.41) is 11.2. The van der Waals surface area contributed by atoms with Gasteiger partial charge in [-0.15, -0.1) is 10.2 Å². The molecule has 9 heteroatoms. The highest BCUT2D eigenvalue weighted by Crippen LogP contribution is 2.19. The summed E-state index contributed by atoms with van der Waals surface area (Å²) in [7, 11) is 0. The zero-order valence-electron chi connectivity index (χ0n) is 13.8. The average molecular weight is 391 g/mol. The molecule has 3 rings (SSSR count). The summed E-state index contributed by atoms with van der Waals surface area (Å²) < 4.78 is 11.1. The molecule has 1 N–H and O–H groups in total. The third-order valence-corrected chi connectivity index (χ3v) is 4.16. The Balaban J connectivity index is 1.45. The molecule has 0 aliphatic heterocycles. The first-order chi connectivity index (χ1) is 12.6. The summed E-state index contributed by atoms with van der Waals surface area (Å²) in [6.45, 7) is 2.15. The molecular formula is C17H15ClN4O3S. The summed E-state index contributed by atoms with van der Waals surface area (Å²) in [5.41, 5.74) is 1.10. The van der Waals surface area contributed by atoms with Gasteiger partial charge in [-0.1, -0.05) is 35.5 Å². The van der Waals surface area contributed by atoms with Gasteiger partial charge in [0.15, 0.2) is 6.61 Å². The zero-order valence-corrected chi connectivity index (χ0v) is 15.4. The van der Waals surface area contributed by atoms with E-state index in [4.69, 9.17) is 20.8 Å². The Bertz CT molecular complexity index is 886. The van der Waals surface area contributed by atoms with Crippen LogP contribution in [0.5, 0.6) is 5.75 Å². The Kier molecular flexibility index (Phi) is 6.08. The van der Waals surface area contributed by atoms with Gasteiger partial charge in [0.2, 0.25) is 5.91 Å². The van der Waals surface area contributed by atoms with Crippen LogP contribution in [-0.4, -0.2) is 26.8 Å². The van der Waals surface area contributed by atoms with Crippen LogP contribution in [0.15, 0.2) is 52.2 Å². The van der Waals surface area contributed by atoms with Crippen LogP contribution < -0.4 is 10.1 Å². The zero-order chi connectivity index (χ0) is 18.4. The van der Waals surface area contributed by atoms with E-state index in [-0.39, 0.29) is 18.3 Å². The predicted molar refractivity (Wildman–Crippen MR) is 98.4 cm³/mol. The molecule has 0 fully saturated rings. The molecule has 0 bridgehead atoms. The predicted octanol–water partition coefficient (Wildman–Crippen LogP) is 3.74. The van der Waals surface area contributed by atoms with Gasteiger partial charge in [0.25, 0.3) is 11.1 Å². The number of nitrogens with one attached hydrogen (secondary N) is 1. The van der Waals surface area contributed by atoms with Gasteiger partial charge in [-0.25, -0.2) is 4.98 Å². The summed E-state index contributed by atoms with van der Waals surface area (Å²) in [5.74, 6) is 1.38. The van der Waals surface area contributed by atoms with Crippen molar-refractivity contribution in [3.05, 3.63) is 59.1 Å². The third kappa shape index (κ3) is 5.47. The molecule has 134 valence electrons. The summed E-state index contributed by atoms with van der Waals surface area (Å²) in [6, 6.07) is 10.9. The lowest BCUT2D eigenvalue weighted by molar-refractivity contribution is -0.113. The number of carbonyl (C=O) groups is 1. The first-order valence-corrected chi connectivity index (χ1v) is 9.01. The van der Waals surface area contributed by atoms with E-state index in [1.165, 1.54) is 6.20 Å². The number of thioether (sulfide) groups is 1. The topological polar surface area (TPSA) is 90.1 Å². The van der Waals surface area contributed by atoms with Gasteiger partial charge < -0.3 is 14.5 Å². The second kappa shape index (κ2) is 8.68. The average Bonchev–Trinajstić information content (AvgIpc) is 3.08. The molecule has 0 aliphatic carbocycles. The number of rotatable bonds is 7. The maximum Gasteiger partial charge on any atom is 0.277 e. The fraction of sp³-hybridized carbons (Fsp3) is 0.176. The lowest BCUT2D eigenvalue weighted by Gasteiger charge is -2.03. The molecule has 0 saturated carbocycles. The summed E-state index contributed by atoms with van der Waals surface area (Å²) in [6.07, 6.45) is 1.46. The van der Waals surface area contributed by atoms with E-state index < -0.39 is 0 Å². The Morgan fingerprint density at radius 3 is 2.96 bits per heavy atom. The van der Waals surface area contributed by atoms with Crippen molar-refractivity contribution in [1.82, 2.24) is 15.2 Å². The van der Waals surface area contributed by atoms with E-state index in [2.05, 4.69) is 20.5 Å². The molecule has 1 aromatic carbocycles. The number of pyridine rings is 1. The van der Waals surface area contributed by atoms with E-state index in [1.54, 1.807) is 12.1 Å². The number of benzene rings is 1. The van der Waals surface area contributed by atoms with Gasteiger partial charge in [-0.05, 0) is 36.8 Å². The normalized spacial score (nSPS) is 10.5. The van der Waals surface area contributed by atoms with Crippen LogP contribution in [0.1, 0.15) is 11.5 Å². The lowest BCUT2D eigenvalue weighted by atomic mass is 10.2. The van der Waals surface area contributed by atoms with Crippen molar-refractivity contribution in [3.63, 3.8) is 0 Å². The van der Waals surface area contributed by atoms with Crippen molar-refractivity contribution in [2.24, 2.45) is 0 Å². The number of hydrogen-bond acceptors (Lipinski definition) is 7. The molecule has 1 amide bonds. The van der Waals surface area contributed by atoms with Crippen LogP contribution in [0.3, 0.4) is 0 Å². The molecule has 2 aromatic heterocycles. The van der Waals surface area contributed by atoms with Gasteiger partial charge in [-0.2, -0.15) is 0 Å². The fourth-order valence-corrected chi connectivity index (χ4v) is 2.65. The number of aromatic nitrogens is 3. The minimum atomic E-state index is -0.236. The van der Waals surface area contributed by atoms with Crippen molar-refractivity contribution in [2.45, 2.75) is 18.8 Å². The Morgan fingerprint density at radius 2 is 2.19 bits per heavy atom. The number of anilines is 1. The second-order valence-electron chi connectivity index (χ2n) is 5.27. The van der Waals surface area contributed by atoms with Crippen LogP contribution in [0, 0.1) is 6.92 Å². The van der Waals surface area contributed by atoms with Crippen molar-refractivity contribution in [2.75, 3.05) is 11.1 Å². The number of halogens is 1. The first kappa shape index (κ1) is 18.2. The van der Waals surface area contributed by atoms with Crippen LogP contribution in [-0.2, 0) is 11.4 Å². The second-order valence-corrected chi connectivity index (χ2v) is 6.63. The standard InChI is InChI=1S/C17H15ClN4O3S/c1-11-3-2-4-13(7-11)24-9-16-21-22-17(25-16)26-10-15(23)20-14-6-5-12(18)8-19-14/h2-8H,9-10H2,1H3,(H,19,20,23). The smallest absolute Gasteiger partial charge is 0.277 e. The summed E-state index contributed by atoms with van der Waals surface area (Å²) >= 11 is 6.88. The van der Waals surface area contributed by atoms with Crippen LogP contribution in [0.2, 0.25) is 5.02 Å². The molecule has 0 atom stereocenters. The monoisotopic (exact) mass is 390 g/mol. The maximum absolute atomic E-state index is 11.9. The largest absolute Gasteiger partial charge is 0.484 e. The molecule has 0 radical (unpaired) electrons. The number of carbonyl (C=O) groups excluding carboxylic acids is 1. The van der Waals surface area contributed by atoms with Crippen LogP contribution in [0.25, 0.3) is 0 Å². The van der Waals surface area contributed by atoms with Crippen molar-refractivity contribution in [3.8, 4) is 5.75 Å². The van der Waals surface area contributed by atoms with Gasteiger partial charge in [0.05, 0.1) is 10.8 Å².